The van der Waals surface area contributed by atoms with Crippen molar-refractivity contribution in [2.24, 2.45) is 0 Å². The van der Waals surface area contributed by atoms with E-state index in [0.29, 0.717) is 27.9 Å². The van der Waals surface area contributed by atoms with Crippen LogP contribution in [-0.2, 0) is 0 Å². The van der Waals surface area contributed by atoms with Gasteiger partial charge >= 0.3 is 0 Å². The summed E-state index contributed by atoms with van der Waals surface area (Å²) in [7, 11) is 0. The Bertz CT molecular complexity index is 515. The van der Waals surface area contributed by atoms with Crippen LogP contribution in [0.3, 0.4) is 0 Å². The first kappa shape index (κ1) is 16.6. The summed E-state index contributed by atoms with van der Waals surface area (Å²) in [6.45, 7) is 7.74. The number of rotatable bonds is 5. The smallest absolute Gasteiger partial charge is 0.180 e. The normalized spacial score (nSPS) is 16.2. The van der Waals surface area contributed by atoms with E-state index in [-0.39, 0.29) is 11.9 Å². The fourth-order valence-electron chi connectivity index (χ4n) is 2.26. The Morgan fingerprint density at radius 2 is 1.90 bits per heavy atom. The van der Waals surface area contributed by atoms with Gasteiger partial charge in [-0.3, -0.25) is 9.69 Å². The van der Waals surface area contributed by atoms with E-state index in [1.54, 1.807) is 12.1 Å². The number of carbonyl (C=O) groups is 1. The molecule has 4 nitrogen and oxygen atoms in total. The van der Waals surface area contributed by atoms with Gasteiger partial charge in [0.1, 0.15) is 5.75 Å². The van der Waals surface area contributed by atoms with Crippen LogP contribution in [0.5, 0.6) is 5.75 Å². The first-order valence-corrected chi connectivity index (χ1v) is 7.85. The number of carbonyl (C=O) groups excluding carboxylic acids is 1. The Morgan fingerprint density at radius 3 is 2.52 bits per heavy atom. The van der Waals surface area contributed by atoms with Gasteiger partial charge in [0.2, 0.25) is 0 Å². The standard InChI is InChI=1S/C15H20Cl2N2O2/c1-10(2)21-15-8-13(17)12(16)7-11(15)14(20)9-19-5-3-18-4-6-19/h7-8,10,18H,3-6,9H2,1-2H3. The Kier molecular flexibility index (Phi) is 5.88. The number of ether oxygens (including phenoxy) is 1. The zero-order chi connectivity index (χ0) is 15.4. The van der Waals surface area contributed by atoms with Crippen molar-refractivity contribution in [3.05, 3.63) is 27.7 Å². The molecule has 116 valence electrons. The number of piperazine rings is 1. The van der Waals surface area contributed by atoms with Crippen molar-refractivity contribution in [1.29, 1.82) is 0 Å². The van der Waals surface area contributed by atoms with E-state index in [1.165, 1.54) is 0 Å². The van der Waals surface area contributed by atoms with Crippen molar-refractivity contribution >= 4 is 29.0 Å². The summed E-state index contributed by atoms with van der Waals surface area (Å²) in [5.41, 5.74) is 0.497. The number of nitrogens with zero attached hydrogens (tertiary/aromatic N) is 1. The van der Waals surface area contributed by atoms with Gasteiger partial charge in [-0.15, -0.1) is 0 Å². The van der Waals surface area contributed by atoms with Crippen LogP contribution in [0.15, 0.2) is 12.1 Å². The van der Waals surface area contributed by atoms with Crippen molar-refractivity contribution in [3.8, 4) is 5.75 Å². The molecule has 0 aliphatic carbocycles. The second kappa shape index (κ2) is 7.45. The van der Waals surface area contributed by atoms with E-state index < -0.39 is 0 Å². The molecule has 0 amide bonds. The van der Waals surface area contributed by atoms with Crippen LogP contribution in [0.2, 0.25) is 10.0 Å². The van der Waals surface area contributed by atoms with E-state index in [0.717, 1.165) is 26.2 Å². The molecule has 2 rings (SSSR count). The highest BCUT2D eigenvalue weighted by Crippen LogP contribution is 2.31. The van der Waals surface area contributed by atoms with Crippen molar-refractivity contribution in [2.75, 3.05) is 32.7 Å². The number of Topliss-reactive ketones (excluding diaryl/α,β-unsaturated/α-hetero) is 1. The number of halogens is 2. The summed E-state index contributed by atoms with van der Waals surface area (Å²) in [4.78, 5) is 14.7. The molecule has 1 aliphatic rings. The third-order valence-electron chi connectivity index (χ3n) is 3.26. The van der Waals surface area contributed by atoms with Crippen LogP contribution in [0.4, 0.5) is 0 Å². The molecule has 1 aromatic carbocycles. The fraction of sp³-hybridized carbons (Fsp3) is 0.533. The van der Waals surface area contributed by atoms with Crippen LogP contribution >= 0.6 is 23.2 Å². The maximum absolute atomic E-state index is 12.5. The number of benzene rings is 1. The molecule has 0 saturated carbocycles. The average Bonchev–Trinajstić information content (AvgIpc) is 2.43. The molecule has 0 bridgehead atoms. The SMILES string of the molecule is CC(C)Oc1cc(Cl)c(Cl)cc1C(=O)CN1CCNCC1. The van der Waals surface area contributed by atoms with Crippen molar-refractivity contribution < 1.29 is 9.53 Å². The van der Waals surface area contributed by atoms with Crippen LogP contribution in [0.1, 0.15) is 24.2 Å². The molecular formula is C15H20Cl2N2O2. The zero-order valence-corrected chi connectivity index (χ0v) is 13.8. The number of hydrogen-bond donors (Lipinski definition) is 1. The Labute approximate surface area is 135 Å². The molecule has 1 fully saturated rings. The summed E-state index contributed by atoms with van der Waals surface area (Å²) in [6.07, 6.45) is -0.0343. The van der Waals surface area contributed by atoms with Gasteiger partial charge in [0, 0.05) is 32.2 Å². The van der Waals surface area contributed by atoms with Crippen molar-refractivity contribution in [1.82, 2.24) is 10.2 Å². The van der Waals surface area contributed by atoms with Crippen LogP contribution < -0.4 is 10.1 Å². The van der Waals surface area contributed by atoms with E-state index >= 15 is 0 Å². The lowest BCUT2D eigenvalue weighted by Gasteiger charge is -2.26. The third-order valence-corrected chi connectivity index (χ3v) is 3.98. The molecule has 0 spiro atoms. The second-order valence-corrected chi connectivity index (χ2v) is 6.19. The number of nitrogens with one attached hydrogen (secondary N) is 1. The molecule has 1 aliphatic heterocycles. The zero-order valence-electron chi connectivity index (χ0n) is 12.3. The van der Waals surface area contributed by atoms with E-state index in [4.69, 9.17) is 27.9 Å². The highest BCUT2D eigenvalue weighted by atomic mass is 35.5. The van der Waals surface area contributed by atoms with Crippen molar-refractivity contribution in [3.63, 3.8) is 0 Å². The summed E-state index contributed by atoms with van der Waals surface area (Å²) >= 11 is 12.1. The molecule has 0 unspecified atom stereocenters. The first-order valence-electron chi connectivity index (χ1n) is 7.09. The fourth-order valence-corrected chi connectivity index (χ4v) is 2.57. The predicted molar refractivity (Wildman–Crippen MR) is 85.9 cm³/mol. The molecule has 0 radical (unpaired) electrons. The lowest BCUT2D eigenvalue weighted by Crippen LogP contribution is -2.45. The minimum absolute atomic E-state index is 0.00566. The van der Waals surface area contributed by atoms with E-state index in [2.05, 4.69) is 10.2 Å². The maximum atomic E-state index is 12.5. The van der Waals surface area contributed by atoms with Gasteiger partial charge in [-0.2, -0.15) is 0 Å². The second-order valence-electron chi connectivity index (χ2n) is 5.38. The molecule has 0 aromatic heterocycles. The monoisotopic (exact) mass is 330 g/mol. The molecule has 0 atom stereocenters. The minimum Gasteiger partial charge on any atom is -0.490 e. The predicted octanol–water partition coefficient (Wildman–Crippen LogP) is 2.87. The number of hydrogen-bond acceptors (Lipinski definition) is 4. The minimum atomic E-state index is -0.0343. The Hall–Kier alpha value is -0.810. The summed E-state index contributed by atoms with van der Waals surface area (Å²) in [5.74, 6) is 0.505. The van der Waals surface area contributed by atoms with Crippen LogP contribution in [0.25, 0.3) is 0 Å². The molecule has 1 saturated heterocycles. The van der Waals surface area contributed by atoms with Gasteiger partial charge in [0.15, 0.2) is 5.78 Å². The third kappa shape index (κ3) is 4.58. The van der Waals surface area contributed by atoms with Crippen molar-refractivity contribution in [2.45, 2.75) is 20.0 Å². The summed E-state index contributed by atoms with van der Waals surface area (Å²) in [6, 6.07) is 3.22. The van der Waals surface area contributed by atoms with Gasteiger partial charge in [-0.05, 0) is 19.9 Å². The highest BCUT2D eigenvalue weighted by molar-refractivity contribution is 6.42. The van der Waals surface area contributed by atoms with Gasteiger partial charge < -0.3 is 10.1 Å². The lowest BCUT2D eigenvalue weighted by molar-refractivity contribution is 0.0916. The molecule has 6 heteroatoms. The molecular weight excluding hydrogens is 311 g/mol. The Balaban J connectivity index is 2.19. The van der Waals surface area contributed by atoms with Gasteiger partial charge in [-0.25, -0.2) is 0 Å². The van der Waals surface area contributed by atoms with Gasteiger partial charge in [-0.1, -0.05) is 23.2 Å². The van der Waals surface area contributed by atoms with Crippen LogP contribution in [0, 0.1) is 0 Å². The maximum Gasteiger partial charge on any atom is 0.180 e. The summed E-state index contributed by atoms with van der Waals surface area (Å²) < 4.78 is 5.70. The lowest BCUT2D eigenvalue weighted by atomic mass is 10.1. The van der Waals surface area contributed by atoms with Gasteiger partial charge in [0.25, 0.3) is 0 Å². The topological polar surface area (TPSA) is 41.6 Å². The van der Waals surface area contributed by atoms with E-state index in [9.17, 15) is 4.79 Å². The highest BCUT2D eigenvalue weighted by Gasteiger charge is 2.20. The molecule has 1 aromatic rings. The Morgan fingerprint density at radius 1 is 1.29 bits per heavy atom. The quantitative estimate of drug-likeness (QED) is 0.843. The first-order chi connectivity index (χ1) is 9.97. The summed E-state index contributed by atoms with van der Waals surface area (Å²) in [5, 5.41) is 4.03. The molecule has 21 heavy (non-hydrogen) atoms. The number of ketones is 1. The largest absolute Gasteiger partial charge is 0.490 e. The molecule has 1 N–H and O–H groups in total. The average molecular weight is 331 g/mol. The van der Waals surface area contributed by atoms with Crippen LogP contribution in [-0.4, -0.2) is 49.5 Å². The molecule has 1 heterocycles. The van der Waals surface area contributed by atoms with Gasteiger partial charge in [0.05, 0.1) is 28.3 Å². The van der Waals surface area contributed by atoms with E-state index in [1.807, 2.05) is 13.8 Å².